The fourth-order valence-corrected chi connectivity index (χ4v) is 2.81. The number of carbonyl (C=O) groups is 2. The molecule has 28 heavy (non-hydrogen) atoms. The molecule has 2 aromatic carbocycles. The van der Waals surface area contributed by atoms with Gasteiger partial charge in [0.25, 0.3) is 5.91 Å². The Kier molecular flexibility index (Phi) is 8.34. The summed E-state index contributed by atoms with van der Waals surface area (Å²) in [4.78, 5) is 26.3. The number of rotatable bonds is 10. The molecule has 1 unspecified atom stereocenters. The summed E-state index contributed by atoms with van der Waals surface area (Å²) in [5, 5.41) is 0. The van der Waals surface area contributed by atoms with Gasteiger partial charge in [0.05, 0.1) is 26.2 Å². The number of hydrogen-bond donors (Lipinski definition) is 0. The first-order valence-corrected chi connectivity index (χ1v) is 9.32. The number of amides is 1. The summed E-state index contributed by atoms with van der Waals surface area (Å²) >= 11 is 0. The van der Waals surface area contributed by atoms with E-state index in [2.05, 4.69) is 0 Å². The van der Waals surface area contributed by atoms with E-state index in [9.17, 15) is 9.59 Å². The van der Waals surface area contributed by atoms with Gasteiger partial charge in [0.15, 0.2) is 6.61 Å². The molecule has 1 atom stereocenters. The highest BCUT2D eigenvalue weighted by Gasteiger charge is 2.23. The summed E-state index contributed by atoms with van der Waals surface area (Å²) in [6.07, 6.45) is 0.135. The van der Waals surface area contributed by atoms with Crippen molar-refractivity contribution < 1.29 is 23.8 Å². The van der Waals surface area contributed by atoms with Crippen molar-refractivity contribution in [1.29, 1.82) is 0 Å². The van der Waals surface area contributed by atoms with Crippen LogP contribution in [0.5, 0.6) is 11.5 Å². The van der Waals surface area contributed by atoms with E-state index < -0.39 is 0 Å². The lowest BCUT2D eigenvalue weighted by atomic mass is 10.1. The van der Waals surface area contributed by atoms with Crippen LogP contribution in [0.1, 0.15) is 31.9 Å². The van der Waals surface area contributed by atoms with E-state index in [4.69, 9.17) is 14.2 Å². The molecule has 0 fully saturated rings. The Balaban J connectivity index is 2.07. The average Bonchev–Trinajstić information content (AvgIpc) is 2.73. The molecule has 2 rings (SSSR count). The zero-order valence-corrected chi connectivity index (χ0v) is 16.6. The summed E-state index contributed by atoms with van der Waals surface area (Å²) in [5.41, 5.74) is 0.987. The van der Waals surface area contributed by atoms with Gasteiger partial charge >= 0.3 is 5.97 Å². The molecular formula is C22H27NO5. The number of benzene rings is 2. The summed E-state index contributed by atoms with van der Waals surface area (Å²) in [6.45, 7) is 4.14. The Morgan fingerprint density at radius 3 is 2.43 bits per heavy atom. The minimum absolute atomic E-state index is 0.132. The minimum Gasteiger partial charge on any atom is -0.497 e. The van der Waals surface area contributed by atoms with E-state index in [-0.39, 0.29) is 37.5 Å². The number of hydrogen-bond acceptors (Lipinski definition) is 5. The molecule has 0 N–H and O–H groups in total. The van der Waals surface area contributed by atoms with E-state index in [0.29, 0.717) is 18.1 Å². The fourth-order valence-electron chi connectivity index (χ4n) is 2.81. The minimum atomic E-state index is -0.325. The van der Waals surface area contributed by atoms with Gasteiger partial charge in [-0.25, -0.2) is 0 Å². The first-order valence-electron chi connectivity index (χ1n) is 9.32. The molecule has 0 spiro atoms. The third-order valence-corrected chi connectivity index (χ3v) is 4.34. The van der Waals surface area contributed by atoms with Crippen LogP contribution in [-0.4, -0.2) is 43.6 Å². The maximum atomic E-state index is 12.9. The van der Waals surface area contributed by atoms with Crippen LogP contribution in [0.4, 0.5) is 0 Å². The largest absolute Gasteiger partial charge is 0.497 e. The zero-order valence-electron chi connectivity index (χ0n) is 16.6. The van der Waals surface area contributed by atoms with Crippen molar-refractivity contribution in [1.82, 2.24) is 4.90 Å². The monoisotopic (exact) mass is 385 g/mol. The lowest BCUT2D eigenvalue weighted by Crippen LogP contribution is -2.38. The molecule has 0 aliphatic carbocycles. The molecular weight excluding hydrogens is 358 g/mol. The average molecular weight is 385 g/mol. The molecule has 0 aliphatic rings. The van der Waals surface area contributed by atoms with Crippen LogP contribution < -0.4 is 9.47 Å². The zero-order chi connectivity index (χ0) is 20.4. The van der Waals surface area contributed by atoms with Gasteiger partial charge in [0.1, 0.15) is 11.5 Å². The number of carbonyl (C=O) groups excluding carboxylic acids is 2. The van der Waals surface area contributed by atoms with E-state index in [0.717, 1.165) is 5.56 Å². The molecule has 0 aliphatic heterocycles. The Bertz CT molecular complexity index is 763. The fraction of sp³-hybridized carbons (Fsp3) is 0.364. The van der Waals surface area contributed by atoms with Gasteiger partial charge in [-0.3, -0.25) is 9.59 Å². The van der Waals surface area contributed by atoms with Gasteiger partial charge in [-0.1, -0.05) is 36.4 Å². The van der Waals surface area contributed by atoms with Crippen LogP contribution in [0, 0.1) is 0 Å². The molecule has 0 aromatic heterocycles. The van der Waals surface area contributed by atoms with Crippen molar-refractivity contribution in [3.05, 3.63) is 60.2 Å². The predicted octanol–water partition coefficient (Wildman–Crippen LogP) is 3.62. The second kappa shape index (κ2) is 11.0. The molecule has 150 valence electrons. The Morgan fingerprint density at radius 1 is 1.04 bits per heavy atom. The third-order valence-electron chi connectivity index (χ3n) is 4.34. The van der Waals surface area contributed by atoms with Gasteiger partial charge in [0, 0.05) is 12.6 Å². The summed E-state index contributed by atoms with van der Waals surface area (Å²) in [6, 6.07) is 16.6. The van der Waals surface area contributed by atoms with Crippen molar-refractivity contribution in [2.45, 2.75) is 26.3 Å². The van der Waals surface area contributed by atoms with Crippen molar-refractivity contribution in [3.8, 4) is 11.5 Å². The maximum absolute atomic E-state index is 12.9. The lowest BCUT2D eigenvalue weighted by molar-refractivity contribution is -0.144. The molecule has 0 heterocycles. The van der Waals surface area contributed by atoms with Crippen LogP contribution in [-0.2, 0) is 14.3 Å². The summed E-state index contributed by atoms with van der Waals surface area (Å²) in [5.74, 6) is 0.671. The first kappa shape index (κ1) is 21.3. The molecule has 0 radical (unpaired) electrons. The number of methoxy groups -OCH3 is 1. The molecule has 6 heteroatoms. The first-order chi connectivity index (χ1) is 13.5. The van der Waals surface area contributed by atoms with Crippen LogP contribution in [0.15, 0.2) is 54.6 Å². The predicted molar refractivity (Wildman–Crippen MR) is 106 cm³/mol. The van der Waals surface area contributed by atoms with Gasteiger partial charge in [0.2, 0.25) is 0 Å². The van der Waals surface area contributed by atoms with Crippen molar-refractivity contribution in [2.75, 3.05) is 26.9 Å². The number of ether oxygens (including phenoxy) is 3. The summed E-state index contributed by atoms with van der Waals surface area (Å²) < 4.78 is 15.8. The van der Waals surface area contributed by atoms with Gasteiger partial charge < -0.3 is 19.1 Å². The normalized spacial score (nSPS) is 11.4. The van der Waals surface area contributed by atoms with Crippen LogP contribution in [0.2, 0.25) is 0 Å². The van der Waals surface area contributed by atoms with Crippen molar-refractivity contribution in [2.24, 2.45) is 0 Å². The molecule has 0 saturated carbocycles. The molecule has 6 nitrogen and oxygen atoms in total. The van der Waals surface area contributed by atoms with E-state index in [1.807, 2.05) is 37.3 Å². The van der Waals surface area contributed by atoms with Gasteiger partial charge in [-0.15, -0.1) is 0 Å². The maximum Gasteiger partial charge on any atom is 0.307 e. The smallest absolute Gasteiger partial charge is 0.307 e. The molecule has 0 saturated heterocycles. The van der Waals surface area contributed by atoms with Gasteiger partial charge in [-0.05, 0) is 31.5 Å². The van der Waals surface area contributed by atoms with E-state index in [1.165, 1.54) is 0 Å². The molecule has 2 aromatic rings. The second-order valence-electron chi connectivity index (χ2n) is 6.20. The van der Waals surface area contributed by atoms with Gasteiger partial charge in [-0.2, -0.15) is 0 Å². The quantitative estimate of drug-likeness (QED) is 0.585. The number of esters is 1. The van der Waals surface area contributed by atoms with E-state index in [1.54, 1.807) is 43.2 Å². The van der Waals surface area contributed by atoms with Crippen LogP contribution in [0.3, 0.4) is 0 Å². The van der Waals surface area contributed by atoms with Crippen LogP contribution >= 0.6 is 0 Å². The number of nitrogens with zero attached hydrogens (tertiary/aromatic N) is 1. The standard InChI is InChI=1S/C22H27NO5/c1-4-27-22(25)13-14-23(17(2)18-9-6-5-7-10-18)21(24)16-28-20-12-8-11-19(15-20)26-3/h5-12,15,17H,4,13-14,16H2,1-3H3. The SMILES string of the molecule is CCOC(=O)CCN(C(=O)COc1cccc(OC)c1)C(C)c1ccccc1. The highest BCUT2D eigenvalue weighted by atomic mass is 16.5. The molecule has 0 bridgehead atoms. The molecule has 1 amide bonds. The topological polar surface area (TPSA) is 65.1 Å². The Labute approximate surface area is 166 Å². The lowest BCUT2D eigenvalue weighted by Gasteiger charge is -2.29. The van der Waals surface area contributed by atoms with Crippen molar-refractivity contribution >= 4 is 11.9 Å². The Hall–Kier alpha value is -3.02. The third kappa shape index (κ3) is 6.30. The van der Waals surface area contributed by atoms with E-state index >= 15 is 0 Å². The van der Waals surface area contributed by atoms with Crippen LogP contribution in [0.25, 0.3) is 0 Å². The highest BCUT2D eigenvalue weighted by Crippen LogP contribution is 2.22. The summed E-state index contributed by atoms with van der Waals surface area (Å²) in [7, 11) is 1.57. The highest BCUT2D eigenvalue weighted by molar-refractivity contribution is 5.79. The van der Waals surface area contributed by atoms with Crippen molar-refractivity contribution in [3.63, 3.8) is 0 Å². The second-order valence-corrected chi connectivity index (χ2v) is 6.20. The Morgan fingerprint density at radius 2 is 1.75 bits per heavy atom.